The van der Waals surface area contributed by atoms with Gasteiger partial charge in [-0.25, -0.2) is 4.39 Å². The molecule has 4 nitrogen and oxygen atoms in total. The molecule has 0 saturated heterocycles. The number of benzene rings is 1. The topological polar surface area (TPSA) is 55.4 Å². The summed E-state index contributed by atoms with van der Waals surface area (Å²) in [5.74, 6) is -1.16. The summed E-state index contributed by atoms with van der Waals surface area (Å²) in [6.07, 6.45) is 5.48. The summed E-state index contributed by atoms with van der Waals surface area (Å²) in [6.45, 7) is 1.82. The van der Waals surface area contributed by atoms with E-state index < -0.39 is 6.10 Å². The van der Waals surface area contributed by atoms with Gasteiger partial charge in [0.25, 0.3) is 5.91 Å². The van der Waals surface area contributed by atoms with Crippen molar-refractivity contribution in [3.63, 3.8) is 0 Å². The summed E-state index contributed by atoms with van der Waals surface area (Å²) < 4.78 is 18.0. The fourth-order valence-corrected chi connectivity index (χ4v) is 2.27. The quantitative estimate of drug-likeness (QED) is 0.672. The number of carbonyl (C=O) groups excluding carboxylic acids is 2. The van der Waals surface area contributed by atoms with Gasteiger partial charge in [-0.15, -0.1) is 0 Å². The van der Waals surface area contributed by atoms with Gasteiger partial charge in [-0.1, -0.05) is 24.3 Å². The molecule has 118 valence electrons. The molecule has 0 unspecified atom stereocenters. The Balaban J connectivity index is 1.77. The first-order valence-corrected chi connectivity index (χ1v) is 7.44. The van der Waals surface area contributed by atoms with E-state index in [-0.39, 0.29) is 30.2 Å². The monoisotopic (exact) mass is 305 g/mol. The normalized spacial score (nSPS) is 18.5. The third kappa shape index (κ3) is 4.69. The Bertz CT molecular complexity index is 554. The Hall–Kier alpha value is -2.17. The highest BCUT2D eigenvalue weighted by Gasteiger charge is 2.24. The fraction of sp³-hybridized carbons (Fsp3) is 0.412. The van der Waals surface area contributed by atoms with E-state index in [1.807, 2.05) is 12.2 Å². The smallest absolute Gasteiger partial charge is 0.310 e. The lowest BCUT2D eigenvalue weighted by Gasteiger charge is -2.19. The van der Waals surface area contributed by atoms with Crippen molar-refractivity contribution in [3.05, 3.63) is 47.8 Å². The molecule has 1 aromatic carbocycles. The summed E-state index contributed by atoms with van der Waals surface area (Å²) in [4.78, 5) is 23.9. The van der Waals surface area contributed by atoms with Gasteiger partial charge in [0.1, 0.15) is 5.82 Å². The maximum Gasteiger partial charge on any atom is 0.310 e. The summed E-state index contributed by atoms with van der Waals surface area (Å²) in [5.41, 5.74) is 0.783. The summed E-state index contributed by atoms with van der Waals surface area (Å²) in [6, 6.07) is 5.87. The first-order chi connectivity index (χ1) is 10.6. The van der Waals surface area contributed by atoms with E-state index in [0.29, 0.717) is 6.42 Å². The number of amides is 1. The molecule has 0 aromatic heterocycles. The lowest BCUT2D eigenvalue weighted by molar-refractivity contribution is -0.159. The number of esters is 1. The fourth-order valence-electron chi connectivity index (χ4n) is 2.27. The summed E-state index contributed by atoms with van der Waals surface area (Å²) in [7, 11) is 0. The molecule has 0 bridgehead atoms. The van der Waals surface area contributed by atoms with Crippen molar-refractivity contribution in [1.29, 1.82) is 0 Å². The summed E-state index contributed by atoms with van der Waals surface area (Å²) >= 11 is 0. The maximum absolute atomic E-state index is 12.8. The number of ether oxygens (including phenoxy) is 1. The molecule has 0 spiro atoms. The molecule has 0 fully saturated rings. The minimum absolute atomic E-state index is 0.155. The first kappa shape index (κ1) is 16.2. The van der Waals surface area contributed by atoms with E-state index in [9.17, 15) is 14.0 Å². The van der Waals surface area contributed by atoms with Crippen molar-refractivity contribution in [2.45, 2.75) is 38.8 Å². The highest BCUT2D eigenvalue weighted by Crippen LogP contribution is 2.20. The molecular formula is C17H20FNO3. The van der Waals surface area contributed by atoms with Crippen LogP contribution in [0.1, 0.15) is 31.7 Å². The van der Waals surface area contributed by atoms with Crippen LogP contribution < -0.4 is 5.32 Å². The number of carbonyl (C=O) groups is 2. The van der Waals surface area contributed by atoms with Crippen LogP contribution in [-0.2, 0) is 20.9 Å². The predicted molar refractivity (Wildman–Crippen MR) is 80.3 cm³/mol. The van der Waals surface area contributed by atoms with Crippen LogP contribution in [0.2, 0.25) is 0 Å². The number of hydrogen-bond acceptors (Lipinski definition) is 3. The van der Waals surface area contributed by atoms with Gasteiger partial charge in [0.05, 0.1) is 5.92 Å². The van der Waals surface area contributed by atoms with E-state index in [1.54, 1.807) is 19.1 Å². The van der Waals surface area contributed by atoms with Crippen LogP contribution in [0.4, 0.5) is 4.39 Å². The molecule has 5 heteroatoms. The number of rotatable bonds is 5. The molecular weight excluding hydrogens is 285 g/mol. The van der Waals surface area contributed by atoms with Crippen molar-refractivity contribution in [2.75, 3.05) is 0 Å². The van der Waals surface area contributed by atoms with Crippen molar-refractivity contribution in [3.8, 4) is 0 Å². The maximum atomic E-state index is 12.8. The number of allylic oxidation sites excluding steroid dienone is 2. The second-order valence-electron chi connectivity index (χ2n) is 5.40. The van der Waals surface area contributed by atoms with Gasteiger partial charge < -0.3 is 10.1 Å². The van der Waals surface area contributed by atoms with Crippen LogP contribution >= 0.6 is 0 Å². The molecule has 0 radical (unpaired) electrons. The van der Waals surface area contributed by atoms with E-state index in [4.69, 9.17) is 4.74 Å². The Kier molecular flexibility index (Phi) is 5.69. The number of hydrogen-bond donors (Lipinski definition) is 1. The predicted octanol–water partition coefficient (Wildman–Crippen LogP) is 2.73. The SMILES string of the molecule is C[C@@H](OC(=O)[C@@H]1CC=CCC1)C(=O)NCc1ccc(F)cc1. The van der Waals surface area contributed by atoms with Gasteiger partial charge in [-0.05, 0) is 43.9 Å². The van der Waals surface area contributed by atoms with Crippen molar-refractivity contribution >= 4 is 11.9 Å². The second kappa shape index (κ2) is 7.73. The minimum Gasteiger partial charge on any atom is -0.452 e. The third-order valence-electron chi connectivity index (χ3n) is 3.64. The zero-order valence-electron chi connectivity index (χ0n) is 12.5. The van der Waals surface area contributed by atoms with Crippen LogP contribution in [0.15, 0.2) is 36.4 Å². The highest BCUT2D eigenvalue weighted by molar-refractivity contribution is 5.84. The average molecular weight is 305 g/mol. The van der Waals surface area contributed by atoms with Crippen LogP contribution in [0.3, 0.4) is 0 Å². The van der Waals surface area contributed by atoms with Crippen LogP contribution in [-0.4, -0.2) is 18.0 Å². The van der Waals surface area contributed by atoms with Crippen molar-refractivity contribution in [2.24, 2.45) is 5.92 Å². The van der Waals surface area contributed by atoms with Gasteiger partial charge >= 0.3 is 5.97 Å². The lowest BCUT2D eigenvalue weighted by atomic mass is 9.95. The largest absolute Gasteiger partial charge is 0.452 e. The molecule has 0 heterocycles. The Morgan fingerprint density at radius 1 is 1.32 bits per heavy atom. The van der Waals surface area contributed by atoms with E-state index in [2.05, 4.69) is 5.32 Å². The minimum atomic E-state index is -0.834. The van der Waals surface area contributed by atoms with E-state index >= 15 is 0 Å². The van der Waals surface area contributed by atoms with Crippen molar-refractivity contribution < 1.29 is 18.7 Å². The van der Waals surface area contributed by atoms with Gasteiger partial charge in [0.15, 0.2) is 6.10 Å². The zero-order chi connectivity index (χ0) is 15.9. The average Bonchev–Trinajstić information content (AvgIpc) is 2.54. The Labute approximate surface area is 129 Å². The molecule has 1 aromatic rings. The van der Waals surface area contributed by atoms with Crippen LogP contribution in [0.25, 0.3) is 0 Å². The van der Waals surface area contributed by atoms with Crippen LogP contribution in [0.5, 0.6) is 0 Å². The molecule has 1 N–H and O–H groups in total. The standard InChI is InChI=1S/C17H20FNO3/c1-12(22-17(21)14-5-3-2-4-6-14)16(20)19-11-13-7-9-15(18)10-8-13/h2-3,7-10,12,14H,4-6,11H2,1H3,(H,19,20)/t12-,14-/m1/s1. The molecule has 1 amide bonds. The molecule has 0 aliphatic heterocycles. The first-order valence-electron chi connectivity index (χ1n) is 7.44. The molecule has 2 atom stereocenters. The zero-order valence-corrected chi connectivity index (χ0v) is 12.5. The lowest BCUT2D eigenvalue weighted by Crippen LogP contribution is -2.36. The van der Waals surface area contributed by atoms with Crippen LogP contribution in [0, 0.1) is 11.7 Å². The molecule has 1 aliphatic carbocycles. The van der Waals surface area contributed by atoms with Crippen molar-refractivity contribution in [1.82, 2.24) is 5.32 Å². The van der Waals surface area contributed by atoms with Gasteiger partial charge in [-0.2, -0.15) is 0 Å². The van der Waals surface area contributed by atoms with Gasteiger partial charge in [-0.3, -0.25) is 9.59 Å². The number of nitrogens with one attached hydrogen (secondary N) is 1. The molecule has 0 saturated carbocycles. The van der Waals surface area contributed by atoms with E-state index in [0.717, 1.165) is 18.4 Å². The van der Waals surface area contributed by atoms with Gasteiger partial charge in [0, 0.05) is 6.54 Å². The summed E-state index contributed by atoms with van der Waals surface area (Å²) in [5, 5.41) is 2.67. The highest BCUT2D eigenvalue weighted by atomic mass is 19.1. The van der Waals surface area contributed by atoms with Gasteiger partial charge in [0.2, 0.25) is 0 Å². The molecule has 2 rings (SSSR count). The number of halogens is 1. The molecule has 22 heavy (non-hydrogen) atoms. The Morgan fingerprint density at radius 3 is 2.68 bits per heavy atom. The second-order valence-corrected chi connectivity index (χ2v) is 5.40. The Morgan fingerprint density at radius 2 is 2.05 bits per heavy atom. The molecule has 1 aliphatic rings. The third-order valence-corrected chi connectivity index (χ3v) is 3.64. The van der Waals surface area contributed by atoms with E-state index in [1.165, 1.54) is 12.1 Å².